The second-order valence-corrected chi connectivity index (χ2v) is 7.04. The number of fused-ring (bicyclic) bond motifs is 3. The maximum atomic E-state index is 12.9. The molecule has 0 aliphatic carbocycles. The van der Waals surface area contributed by atoms with Crippen LogP contribution in [0.25, 0.3) is 21.8 Å². The van der Waals surface area contributed by atoms with Crippen LogP contribution >= 0.6 is 11.8 Å². The predicted octanol–water partition coefficient (Wildman–Crippen LogP) is 4.73. The molecule has 126 valence electrons. The van der Waals surface area contributed by atoms with Gasteiger partial charge in [-0.05, 0) is 12.1 Å². The van der Waals surface area contributed by atoms with E-state index >= 15 is 0 Å². The molecule has 0 fully saturated rings. The molecule has 0 aliphatic rings. The molecule has 5 nitrogen and oxygen atoms in total. The van der Waals surface area contributed by atoms with Gasteiger partial charge >= 0.3 is 0 Å². The Morgan fingerprint density at radius 3 is 2.20 bits per heavy atom. The lowest BCUT2D eigenvalue weighted by molar-refractivity contribution is 0.0951. The van der Waals surface area contributed by atoms with Crippen LogP contribution in [0, 0.1) is 0 Å². The summed E-state index contributed by atoms with van der Waals surface area (Å²) < 4.78 is 7.34. The summed E-state index contributed by atoms with van der Waals surface area (Å²) in [6.45, 7) is 3.98. The van der Waals surface area contributed by atoms with Gasteiger partial charge in [-0.15, -0.1) is 10.2 Å². The van der Waals surface area contributed by atoms with Gasteiger partial charge in [-0.2, -0.15) is 0 Å². The van der Waals surface area contributed by atoms with Gasteiger partial charge in [-0.1, -0.05) is 62.0 Å². The third kappa shape index (κ3) is 2.82. The van der Waals surface area contributed by atoms with E-state index in [4.69, 9.17) is 4.42 Å². The molecule has 0 saturated carbocycles. The average Bonchev–Trinajstić information content (AvgIpc) is 3.23. The first-order valence-corrected chi connectivity index (χ1v) is 9.11. The van der Waals surface area contributed by atoms with E-state index in [0.29, 0.717) is 11.1 Å². The van der Waals surface area contributed by atoms with Crippen LogP contribution in [0.2, 0.25) is 0 Å². The SMILES string of the molecule is CC(C)c1nnc(SCC(=O)n2c3ccccc3c3ccccc32)o1. The van der Waals surface area contributed by atoms with Gasteiger partial charge in [0, 0.05) is 16.7 Å². The number of nitrogens with zero attached hydrogens (tertiary/aromatic N) is 3. The molecule has 0 bridgehead atoms. The third-order valence-electron chi connectivity index (χ3n) is 4.06. The minimum absolute atomic E-state index is 0.00769. The minimum Gasteiger partial charge on any atom is -0.416 e. The van der Waals surface area contributed by atoms with Crippen molar-refractivity contribution in [1.82, 2.24) is 14.8 Å². The molecule has 2 heterocycles. The first-order valence-electron chi connectivity index (χ1n) is 8.12. The molecule has 2 aromatic heterocycles. The number of carbonyl (C=O) groups is 1. The molecule has 0 spiro atoms. The molecule has 0 aliphatic heterocycles. The van der Waals surface area contributed by atoms with Crippen LogP contribution in [0.5, 0.6) is 0 Å². The summed E-state index contributed by atoms with van der Waals surface area (Å²) in [5.41, 5.74) is 1.84. The highest BCUT2D eigenvalue weighted by Crippen LogP contribution is 2.29. The van der Waals surface area contributed by atoms with Crippen LogP contribution in [0.1, 0.15) is 30.5 Å². The zero-order valence-corrected chi connectivity index (χ0v) is 14.8. The molecule has 0 radical (unpaired) electrons. The van der Waals surface area contributed by atoms with Crippen molar-refractivity contribution >= 4 is 39.5 Å². The first kappa shape index (κ1) is 15.9. The van der Waals surface area contributed by atoms with Crippen molar-refractivity contribution in [3.05, 3.63) is 54.4 Å². The number of para-hydroxylation sites is 2. The lowest BCUT2D eigenvalue weighted by Crippen LogP contribution is -2.12. The lowest BCUT2D eigenvalue weighted by Gasteiger charge is -2.04. The van der Waals surface area contributed by atoms with Crippen molar-refractivity contribution in [2.24, 2.45) is 0 Å². The standard InChI is InChI=1S/C19H17N3O2S/c1-12(2)18-20-21-19(24-18)25-11-17(23)22-15-9-5-3-7-13(15)14-8-4-6-10-16(14)22/h3-10,12H,11H2,1-2H3. The zero-order chi connectivity index (χ0) is 17.4. The molecule has 4 aromatic rings. The average molecular weight is 351 g/mol. The minimum atomic E-state index is -0.00769. The predicted molar refractivity (Wildman–Crippen MR) is 99.2 cm³/mol. The Morgan fingerprint density at radius 1 is 1.04 bits per heavy atom. The number of benzene rings is 2. The number of hydrogen-bond acceptors (Lipinski definition) is 5. The Hall–Kier alpha value is -2.60. The Balaban J connectivity index is 1.67. The van der Waals surface area contributed by atoms with Crippen molar-refractivity contribution in [2.45, 2.75) is 25.0 Å². The van der Waals surface area contributed by atoms with Crippen LogP contribution in [0.15, 0.2) is 58.2 Å². The Labute approximate surface area is 149 Å². The molecule has 25 heavy (non-hydrogen) atoms. The van der Waals surface area contributed by atoms with Crippen molar-refractivity contribution in [2.75, 3.05) is 5.75 Å². The topological polar surface area (TPSA) is 60.9 Å². The van der Waals surface area contributed by atoms with Gasteiger partial charge in [0.15, 0.2) is 0 Å². The number of thioether (sulfide) groups is 1. The number of hydrogen-bond donors (Lipinski definition) is 0. The van der Waals surface area contributed by atoms with Gasteiger partial charge in [-0.3, -0.25) is 9.36 Å². The van der Waals surface area contributed by atoms with E-state index in [2.05, 4.69) is 10.2 Å². The van der Waals surface area contributed by atoms with Crippen molar-refractivity contribution in [3.63, 3.8) is 0 Å². The van der Waals surface area contributed by atoms with Crippen molar-refractivity contribution in [3.8, 4) is 0 Å². The van der Waals surface area contributed by atoms with E-state index in [1.54, 1.807) is 4.57 Å². The van der Waals surface area contributed by atoms with E-state index in [9.17, 15) is 4.79 Å². The van der Waals surface area contributed by atoms with E-state index in [0.717, 1.165) is 21.8 Å². The Bertz CT molecular complexity index is 1010. The second-order valence-electron chi connectivity index (χ2n) is 6.11. The van der Waals surface area contributed by atoms with Gasteiger partial charge in [0.25, 0.3) is 5.22 Å². The van der Waals surface area contributed by atoms with Gasteiger partial charge in [0.05, 0.1) is 16.8 Å². The largest absolute Gasteiger partial charge is 0.416 e. The van der Waals surface area contributed by atoms with Crippen molar-refractivity contribution < 1.29 is 9.21 Å². The molecule has 0 amide bonds. The van der Waals surface area contributed by atoms with Crippen molar-refractivity contribution in [1.29, 1.82) is 0 Å². The quantitative estimate of drug-likeness (QED) is 0.497. The number of rotatable bonds is 4. The molecule has 6 heteroatoms. The van der Waals surface area contributed by atoms with Gasteiger partial charge < -0.3 is 4.42 Å². The first-order chi connectivity index (χ1) is 12.1. The number of carbonyl (C=O) groups excluding carboxylic acids is 1. The highest BCUT2D eigenvalue weighted by Gasteiger charge is 2.17. The summed E-state index contributed by atoms with van der Waals surface area (Å²) in [6.07, 6.45) is 0. The third-order valence-corrected chi connectivity index (χ3v) is 4.87. The molecule has 0 saturated heterocycles. The summed E-state index contributed by atoms with van der Waals surface area (Å²) >= 11 is 1.27. The highest BCUT2D eigenvalue weighted by molar-refractivity contribution is 7.99. The fourth-order valence-corrected chi connectivity index (χ4v) is 3.51. The smallest absolute Gasteiger partial charge is 0.277 e. The maximum absolute atomic E-state index is 12.9. The molecule has 0 atom stereocenters. The van der Waals surface area contributed by atoms with Crippen LogP contribution in [-0.4, -0.2) is 26.4 Å². The van der Waals surface area contributed by atoms with Gasteiger partial charge in [0.1, 0.15) is 0 Å². The molecular weight excluding hydrogens is 334 g/mol. The summed E-state index contributed by atoms with van der Waals surface area (Å²) in [4.78, 5) is 12.9. The van der Waals surface area contributed by atoms with E-state index < -0.39 is 0 Å². The molecule has 0 unspecified atom stereocenters. The molecular formula is C19H17N3O2S. The zero-order valence-electron chi connectivity index (χ0n) is 14.0. The lowest BCUT2D eigenvalue weighted by atomic mass is 10.2. The molecule has 2 aromatic carbocycles. The van der Waals surface area contributed by atoms with Crippen LogP contribution in [0.4, 0.5) is 0 Å². The fraction of sp³-hybridized carbons (Fsp3) is 0.211. The fourth-order valence-electron chi connectivity index (χ4n) is 2.89. The van der Waals surface area contributed by atoms with Crippen LogP contribution < -0.4 is 0 Å². The van der Waals surface area contributed by atoms with E-state index in [-0.39, 0.29) is 17.6 Å². The Kier molecular flexibility index (Phi) is 4.05. The summed E-state index contributed by atoms with van der Waals surface area (Å²) in [5.74, 6) is 0.996. The number of aromatic nitrogens is 3. The van der Waals surface area contributed by atoms with E-state index in [1.807, 2.05) is 62.4 Å². The normalized spacial score (nSPS) is 11.6. The highest BCUT2D eigenvalue weighted by atomic mass is 32.2. The molecule has 0 N–H and O–H groups in total. The second kappa shape index (κ2) is 6.37. The van der Waals surface area contributed by atoms with Gasteiger partial charge in [0.2, 0.25) is 11.8 Å². The van der Waals surface area contributed by atoms with E-state index in [1.165, 1.54) is 11.8 Å². The van der Waals surface area contributed by atoms with Crippen LogP contribution in [0.3, 0.4) is 0 Å². The van der Waals surface area contributed by atoms with Crippen LogP contribution in [-0.2, 0) is 0 Å². The molecule has 4 rings (SSSR count). The summed E-state index contributed by atoms with van der Waals surface area (Å²) in [7, 11) is 0. The Morgan fingerprint density at radius 2 is 1.64 bits per heavy atom. The van der Waals surface area contributed by atoms with Gasteiger partial charge in [-0.25, -0.2) is 0 Å². The maximum Gasteiger partial charge on any atom is 0.277 e. The monoisotopic (exact) mass is 351 g/mol. The summed E-state index contributed by atoms with van der Waals surface area (Å²) in [5, 5.41) is 10.6. The summed E-state index contributed by atoms with van der Waals surface area (Å²) in [6, 6.07) is 15.9.